The van der Waals surface area contributed by atoms with E-state index in [0.717, 1.165) is 6.07 Å². The molecule has 0 fully saturated rings. The predicted molar refractivity (Wildman–Crippen MR) is 115 cm³/mol. The van der Waals surface area contributed by atoms with Gasteiger partial charge in [0, 0.05) is 11.1 Å². The summed E-state index contributed by atoms with van der Waals surface area (Å²) in [4.78, 5) is 25.7. The van der Waals surface area contributed by atoms with E-state index in [1.807, 2.05) is 18.2 Å². The van der Waals surface area contributed by atoms with Gasteiger partial charge in [0.2, 0.25) is 0 Å². The summed E-state index contributed by atoms with van der Waals surface area (Å²) in [5.74, 6) is -1.76. The molecule has 0 amide bonds. The maximum absolute atomic E-state index is 13.8. The summed E-state index contributed by atoms with van der Waals surface area (Å²) in [6.07, 6.45) is -0.904. The number of hydrogen-bond acceptors (Lipinski definition) is 4. The van der Waals surface area contributed by atoms with Gasteiger partial charge in [-0.3, -0.25) is 9.59 Å². The number of ketones is 1. The number of halogens is 3. The number of benzene rings is 3. The first kappa shape index (κ1) is 21.3. The van der Waals surface area contributed by atoms with Crippen molar-refractivity contribution in [3.05, 3.63) is 99.3 Å². The number of ether oxygens (including phenoxy) is 2. The van der Waals surface area contributed by atoms with E-state index in [9.17, 15) is 14.0 Å². The molecule has 0 aliphatic heterocycles. The van der Waals surface area contributed by atoms with E-state index in [0.29, 0.717) is 22.4 Å². The van der Waals surface area contributed by atoms with Crippen molar-refractivity contribution in [2.75, 3.05) is 6.61 Å². The number of carbonyl (C=O) groups excluding carboxylic acids is 2. The summed E-state index contributed by atoms with van der Waals surface area (Å²) in [5, 5.41) is -0.342. The van der Waals surface area contributed by atoms with Gasteiger partial charge in [-0.05, 0) is 23.8 Å². The number of esters is 1. The van der Waals surface area contributed by atoms with Gasteiger partial charge in [0.1, 0.15) is 17.7 Å². The van der Waals surface area contributed by atoms with E-state index < -0.39 is 23.8 Å². The van der Waals surface area contributed by atoms with Gasteiger partial charge in [-0.1, -0.05) is 71.7 Å². The molecule has 3 aromatic carbocycles. The molecule has 1 aliphatic carbocycles. The lowest BCUT2D eigenvalue weighted by Crippen LogP contribution is -2.19. The molecule has 3 aromatic rings. The predicted octanol–water partition coefficient (Wildman–Crippen LogP) is 6.17. The Morgan fingerprint density at radius 3 is 2.39 bits per heavy atom. The zero-order valence-corrected chi connectivity index (χ0v) is 17.7. The molecular formula is C24H17Cl2FO4. The maximum Gasteiger partial charge on any atom is 0.309 e. The zero-order valence-electron chi connectivity index (χ0n) is 16.2. The van der Waals surface area contributed by atoms with Crippen molar-refractivity contribution in [2.24, 2.45) is 0 Å². The molecule has 31 heavy (non-hydrogen) atoms. The van der Waals surface area contributed by atoms with E-state index in [-0.39, 0.29) is 28.9 Å². The molecule has 0 N–H and O–H groups in total. The molecule has 4 nitrogen and oxygen atoms in total. The van der Waals surface area contributed by atoms with Crippen molar-refractivity contribution >= 4 is 35.0 Å². The summed E-state index contributed by atoms with van der Waals surface area (Å²) in [6, 6.07) is 18.5. The molecule has 0 aromatic heterocycles. The first-order chi connectivity index (χ1) is 15.0. The highest BCUT2D eigenvalue weighted by Crippen LogP contribution is 2.48. The molecular weight excluding hydrogens is 442 g/mol. The summed E-state index contributed by atoms with van der Waals surface area (Å²) in [7, 11) is 0. The third kappa shape index (κ3) is 4.29. The largest absolute Gasteiger partial charge is 0.493 e. The third-order valence-corrected chi connectivity index (χ3v) is 5.97. The number of fused-ring (bicyclic) bond motifs is 1. The van der Waals surface area contributed by atoms with Gasteiger partial charge >= 0.3 is 5.97 Å². The van der Waals surface area contributed by atoms with Crippen LogP contribution in [0.4, 0.5) is 4.39 Å². The molecule has 0 saturated carbocycles. The molecule has 158 valence electrons. The second-order valence-corrected chi connectivity index (χ2v) is 7.77. The molecule has 2 atom stereocenters. The summed E-state index contributed by atoms with van der Waals surface area (Å²) in [5.41, 5.74) is 1.32. The van der Waals surface area contributed by atoms with Crippen molar-refractivity contribution in [2.45, 2.75) is 18.4 Å². The second kappa shape index (κ2) is 9.08. The average Bonchev–Trinajstić information content (AvgIpc) is 3.05. The summed E-state index contributed by atoms with van der Waals surface area (Å²) >= 11 is 12.2. The minimum atomic E-state index is -0.915. The fraction of sp³-hybridized carbons (Fsp3) is 0.167. The van der Waals surface area contributed by atoms with Crippen molar-refractivity contribution < 1.29 is 23.5 Å². The third-order valence-electron chi connectivity index (χ3n) is 5.09. The van der Waals surface area contributed by atoms with E-state index in [4.69, 9.17) is 32.7 Å². The monoisotopic (exact) mass is 458 g/mol. The number of Topliss-reactive ketones (excluding diaryl/α,β-unsaturated/α-hetero) is 1. The van der Waals surface area contributed by atoms with Gasteiger partial charge in [-0.2, -0.15) is 0 Å². The molecule has 7 heteroatoms. The molecule has 0 saturated heterocycles. The highest BCUT2D eigenvalue weighted by Gasteiger charge is 2.44. The Morgan fingerprint density at radius 2 is 1.61 bits per heavy atom. The Bertz CT molecular complexity index is 1130. The smallest absolute Gasteiger partial charge is 0.309 e. The maximum atomic E-state index is 13.8. The van der Waals surface area contributed by atoms with Crippen LogP contribution in [0.1, 0.15) is 39.9 Å². The number of rotatable bonds is 6. The van der Waals surface area contributed by atoms with E-state index in [2.05, 4.69) is 0 Å². The van der Waals surface area contributed by atoms with Crippen LogP contribution in [0.3, 0.4) is 0 Å². The fourth-order valence-electron chi connectivity index (χ4n) is 3.64. The molecule has 4 rings (SSSR count). The Labute approximate surface area is 188 Å². The Balaban J connectivity index is 1.56. The normalized spacial score (nSPS) is 17.3. The van der Waals surface area contributed by atoms with Crippen LogP contribution in [-0.2, 0) is 9.53 Å². The Hall–Kier alpha value is -2.89. The molecule has 1 aliphatic rings. The van der Waals surface area contributed by atoms with Gasteiger partial charge in [-0.25, -0.2) is 4.39 Å². The summed E-state index contributed by atoms with van der Waals surface area (Å²) in [6.45, 7) is 0.124. The number of para-hydroxylation sites is 1. The topological polar surface area (TPSA) is 52.6 Å². The lowest BCUT2D eigenvalue weighted by atomic mass is 9.93. The molecule has 2 unspecified atom stereocenters. The standard InChI is InChI=1S/C24H17Cl2FO4/c25-21-17(10-11-18(27)22(21)26)20-23(29)15-8-4-5-9-16(15)24(20)31-19(28)12-13-30-14-6-2-1-3-7-14/h1-11,20,24H,12-13H2. The minimum absolute atomic E-state index is 0.00756. The van der Waals surface area contributed by atoms with Crippen LogP contribution in [0.5, 0.6) is 5.75 Å². The molecule has 0 spiro atoms. The van der Waals surface area contributed by atoms with Crippen LogP contribution in [0.25, 0.3) is 0 Å². The highest BCUT2D eigenvalue weighted by atomic mass is 35.5. The van der Waals surface area contributed by atoms with Crippen molar-refractivity contribution in [3.8, 4) is 5.75 Å². The molecule has 0 heterocycles. The average molecular weight is 459 g/mol. The fourth-order valence-corrected chi connectivity index (χ4v) is 4.08. The van der Waals surface area contributed by atoms with Crippen LogP contribution < -0.4 is 4.74 Å². The van der Waals surface area contributed by atoms with Crippen LogP contribution in [0.15, 0.2) is 66.7 Å². The van der Waals surface area contributed by atoms with Gasteiger partial charge in [0.15, 0.2) is 5.78 Å². The van der Waals surface area contributed by atoms with E-state index in [1.54, 1.807) is 36.4 Å². The van der Waals surface area contributed by atoms with Crippen LogP contribution in [0.2, 0.25) is 10.0 Å². The Kier molecular flexibility index (Phi) is 6.25. The highest BCUT2D eigenvalue weighted by molar-refractivity contribution is 6.42. The van der Waals surface area contributed by atoms with E-state index in [1.165, 1.54) is 6.07 Å². The SMILES string of the molecule is O=C(CCOc1ccccc1)OC1c2ccccc2C(=O)C1c1ccc(F)c(Cl)c1Cl. The number of hydrogen-bond donors (Lipinski definition) is 0. The Morgan fingerprint density at radius 1 is 0.903 bits per heavy atom. The second-order valence-electron chi connectivity index (χ2n) is 7.02. The van der Waals surface area contributed by atoms with Crippen molar-refractivity contribution in [1.82, 2.24) is 0 Å². The van der Waals surface area contributed by atoms with Crippen molar-refractivity contribution in [1.29, 1.82) is 0 Å². The molecule has 0 radical (unpaired) electrons. The lowest BCUT2D eigenvalue weighted by molar-refractivity contribution is -0.150. The van der Waals surface area contributed by atoms with Crippen LogP contribution in [-0.4, -0.2) is 18.4 Å². The van der Waals surface area contributed by atoms with Gasteiger partial charge < -0.3 is 9.47 Å². The van der Waals surface area contributed by atoms with Crippen molar-refractivity contribution in [3.63, 3.8) is 0 Å². The molecule has 0 bridgehead atoms. The minimum Gasteiger partial charge on any atom is -0.493 e. The lowest BCUT2D eigenvalue weighted by Gasteiger charge is -2.22. The number of carbonyl (C=O) groups is 2. The van der Waals surface area contributed by atoms with Crippen LogP contribution >= 0.6 is 23.2 Å². The first-order valence-electron chi connectivity index (χ1n) is 9.61. The van der Waals surface area contributed by atoms with Gasteiger partial charge in [-0.15, -0.1) is 0 Å². The van der Waals surface area contributed by atoms with Gasteiger partial charge in [0.05, 0.1) is 29.0 Å². The van der Waals surface area contributed by atoms with E-state index >= 15 is 0 Å². The first-order valence-corrected chi connectivity index (χ1v) is 10.4. The quantitative estimate of drug-likeness (QED) is 0.327. The zero-order chi connectivity index (χ0) is 22.0. The van der Waals surface area contributed by atoms with Gasteiger partial charge in [0.25, 0.3) is 0 Å². The summed E-state index contributed by atoms with van der Waals surface area (Å²) < 4.78 is 25.0. The van der Waals surface area contributed by atoms with Crippen LogP contribution in [0, 0.1) is 5.82 Å².